The van der Waals surface area contributed by atoms with Gasteiger partial charge in [-0.2, -0.15) is 0 Å². The summed E-state index contributed by atoms with van der Waals surface area (Å²) in [6, 6.07) is 4.00. The van der Waals surface area contributed by atoms with Gasteiger partial charge < -0.3 is 5.32 Å². The van der Waals surface area contributed by atoms with Gasteiger partial charge in [0, 0.05) is 20.2 Å². The van der Waals surface area contributed by atoms with E-state index >= 15 is 0 Å². The minimum Gasteiger partial charge on any atom is -0.301 e. The van der Waals surface area contributed by atoms with Crippen molar-refractivity contribution in [3.8, 4) is 0 Å². The molecule has 1 aromatic carbocycles. The van der Waals surface area contributed by atoms with Crippen molar-refractivity contribution in [2.75, 3.05) is 19.4 Å². The maximum Gasteiger partial charge on any atom is 0.333 e. The Morgan fingerprint density at radius 1 is 1.41 bits per heavy atom. The zero-order valence-electron chi connectivity index (χ0n) is 9.85. The van der Waals surface area contributed by atoms with Crippen LogP contribution in [-0.2, 0) is 0 Å². The molecule has 7 heteroatoms. The number of carbonyl (C=O) groups excluding carboxylic acids is 1. The molecule has 17 heavy (non-hydrogen) atoms. The number of nitrogens with zero attached hydrogens (tertiary/aromatic N) is 2. The number of anilines is 1. The first-order chi connectivity index (χ1) is 7.90. The summed E-state index contributed by atoms with van der Waals surface area (Å²) in [7, 11) is 3.29. The normalized spacial score (nSPS) is 10.1. The lowest BCUT2D eigenvalue weighted by Crippen LogP contribution is -2.39. The van der Waals surface area contributed by atoms with Crippen LogP contribution in [0.2, 0.25) is 0 Å². The second-order valence-corrected chi connectivity index (χ2v) is 3.74. The fourth-order valence-electron chi connectivity index (χ4n) is 1.26. The van der Waals surface area contributed by atoms with E-state index in [4.69, 9.17) is 0 Å². The van der Waals surface area contributed by atoms with Crippen molar-refractivity contribution in [3.05, 3.63) is 33.9 Å². The Balaban J connectivity index is 2.92. The molecule has 0 spiro atoms. The summed E-state index contributed by atoms with van der Waals surface area (Å²) in [5.74, 6) is 0. The van der Waals surface area contributed by atoms with Crippen LogP contribution in [0.25, 0.3) is 0 Å². The number of carbonyl (C=O) groups is 1. The predicted octanol–water partition coefficient (Wildman–Crippen LogP) is 1.50. The summed E-state index contributed by atoms with van der Waals surface area (Å²) in [6.45, 7) is 1.79. The van der Waals surface area contributed by atoms with Gasteiger partial charge in [-0.15, -0.1) is 0 Å². The number of hydrogen-bond acceptors (Lipinski definition) is 4. The van der Waals surface area contributed by atoms with Gasteiger partial charge in [0.25, 0.3) is 5.69 Å². The number of nitro groups is 1. The lowest BCUT2D eigenvalue weighted by molar-refractivity contribution is -0.383. The minimum atomic E-state index is -0.537. The SMILES string of the molecule is Cc1ccc([N+](=O)[O-])c(NC(=O)NN(C)C)c1. The highest BCUT2D eigenvalue weighted by Gasteiger charge is 2.15. The van der Waals surface area contributed by atoms with E-state index in [9.17, 15) is 14.9 Å². The maximum atomic E-state index is 11.4. The maximum absolute atomic E-state index is 11.4. The number of benzene rings is 1. The fraction of sp³-hybridized carbons (Fsp3) is 0.300. The molecule has 0 bridgehead atoms. The monoisotopic (exact) mass is 238 g/mol. The van der Waals surface area contributed by atoms with Crippen LogP contribution >= 0.6 is 0 Å². The van der Waals surface area contributed by atoms with Gasteiger partial charge in [-0.25, -0.2) is 9.80 Å². The molecule has 0 atom stereocenters. The van der Waals surface area contributed by atoms with Gasteiger partial charge in [-0.3, -0.25) is 15.5 Å². The number of urea groups is 1. The van der Waals surface area contributed by atoms with E-state index in [-0.39, 0.29) is 11.4 Å². The third-order valence-corrected chi connectivity index (χ3v) is 1.92. The molecule has 0 saturated carbocycles. The van der Waals surface area contributed by atoms with Crippen LogP contribution in [0.3, 0.4) is 0 Å². The quantitative estimate of drug-likeness (QED) is 0.617. The van der Waals surface area contributed by atoms with Crippen molar-refractivity contribution in [2.24, 2.45) is 0 Å². The smallest absolute Gasteiger partial charge is 0.301 e. The molecule has 2 N–H and O–H groups in total. The van der Waals surface area contributed by atoms with Crippen LogP contribution in [0, 0.1) is 17.0 Å². The average molecular weight is 238 g/mol. The molecule has 0 heterocycles. The largest absolute Gasteiger partial charge is 0.333 e. The van der Waals surface area contributed by atoms with Crippen molar-refractivity contribution in [1.29, 1.82) is 0 Å². The van der Waals surface area contributed by atoms with Gasteiger partial charge in [-0.1, -0.05) is 6.07 Å². The topological polar surface area (TPSA) is 87.5 Å². The Kier molecular flexibility index (Phi) is 4.00. The number of rotatable bonds is 3. The number of hydrogen-bond donors (Lipinski definition) is 2. The molecule has 92 valence electrons. The molecule has 0 aliphatic rings. The number of aryl methyl sites for hydroxylation is 1. The zero-order valence-corrected chi connectivity index (χ0v) is 9.85. The molecular formula is C10H14N4O3. The molecule has 0 unspecified atom stereocenters. The van der Waals surface area contributed by atoms with Gasteiger partial charge in [0.1, 0.15) is 5.69 Å². The summed E-state index contributed by atoms with van der Waals surface area (Å²) in [6.07, 6.45) is 0. The van der Waals surface area contributed by atoms with Gasteiger partial charge >= 0.3 is 6.03 Å². The summed E-state index contributed by atoms with van der Waals surface area (Å²) in [4.78, 5) is 21.6. The fourth-order valence-corrected chi connectivity index (χ4v) is 1.26. The van der Waals surface area contributed by atoms with E-state index in [1.165, 1.54) is 11.1 Å². The minimum absolute atomic E-state index is 0.135. The highest BCUT2D eigenvalue weighted by molar-refractivity contribution is 5.91. The Morgan fingerprint density at radius 2 is 2.06 bits per heavy atom. The Bertz CT molecular complexity index is 445. The highest BCUT2D eigenvalue weighted by atomic mass is 16.6. The predicted molar refractivity (Wildman–Crippen MR) is 63.7 cm³/mol. The lowest BCUT2D eigenvalue weighted by Gasteiger charge is -2.13. The molecule has 0 aliphatic carbocycles. The molecule has 0 fully saturated rings. The summed E-state index contributed by atoms with van der Waals surface area (Å²) >= 11 is 0. The molecule has 0 radical (unpaired) electrons. The van der Waals surface area contributed by atoms with Crippen LogP contribution in [0.15, 0.2) is 18.2 Å². The number of nitro benzene ring substituents is 1. The molecular weight excluding hydrogens is 224 g/mol. The van der Waals surface area contributed by atoms with E-state index in [1.54, 1.807) is 33.2 Å². The van der Waals surface area contributed by atoms with Crippen LogP contribution in [-0.4, -0.2) is 30.1 Å². The number of amides is 2. The van der Waals surface area contributed by atoms with Crippen LogP contribution in [0.5, 0.6) is 0 Å². The third-order valence-electron chi connectivity index (χ3n) is 1.92. The van der Waals surface area contributed by atoms with Crippen LogP contribution in [0.4, 0.5) is 16.2 Å². The molecule has 0 aliphatic heterocycles. The van der Waals surface area contributed by atoms with Crippen molar-refractivity contribution in [1.82, 2.24) is 10.4 Å². The number of hydrazine groups is 1. The van der Waals surface area contributed by atoms with Gasteiger partial charge in [-0.05, 0) is 18.6 Å². The molecule has 7 nitrogen and oxygen atoms in total. The van der Waals surface area contributed by atoms with Crippen molar-refractivity contribution >= 4 is 17.4 Å². The second-order valence-electron chi connectivity index (χ2n) is 3.74. The summed E-state index contributed by atoms with van der Waals surface area (Å²) < 4.78 is 0. The van der Waals surface area contributed by atoms with Crippen molar-refractivity contribution < 1.29 is 9.72 Å². The lowest BCUT2D eigenvalue weighted by atomic mass is 10.2. The van der Waals surface area contributed by atoms with Gasteiger partial charge in [0.05, 0.1) is 4.92 Å². The Morgan fingerprint density at radius 3 is 2.59 bits per heavy atom. The summed E-state index contributed by atoms with van der Waals surface area (Å²) in [5, 5.41) is 14.6. The van der Waals surface area contributed by atoms with Crippen molar-refractivity contribution in [3.63, 3.8) is 0 Å². The van der Waals surface area contributed by atoms with E-state index < -0.39 is 11.0 Å². The Labute approximate surface area is 98.5 Å². The molecule has 1 rings (SSSR count). The van der Waals surface area contributed by atoms with E-state index in [0.717, 1.165) is 5.56 Å². The summed E-state index contributed by atoms with van der Waals surface area (Å²) in [5.41, 5.74) is 3.31. The van der Waals surface area contributed by atoms with E-state index in [0.29, 0.717) is 0 Å². The van der Waals surface area contributed by atoms with E-state index in [1.807, 2.05) is 0 Å². The van der Waals surface area contributed by atoms with Gasteiger partial charge in [0.2, 0.25) is 0 Å². The number of nitrogens with one attached hydrogen (secondary N) is 2. The molecule has 1 aromatic rings. The Hall–Kier alpha value is -2.15. The molecule has 0 saturated heterocycles. The zero-order chi connectivity index (χ0) is 13.0. The van der Waals surface area contributed by atoms with E-state index in [2.05, 4.69) is 10.7 Å². The van der Waals surface area contributed by atoms with Gasteiger partial charge in [0.15, 0.2) is 0 Å². The second kappa shape index (κ2) is 5.26. The molecule has 2 amide bonds. The average Bonchev–Trinajstić information content (AvgIpc) is 2.15. The first kappa shape index (κ1) is 12.9. The van der Waals surface area contributed by atoms with Crippen molar-refractivity contribution in [2.45, 2.75) is 6.92 Å². The van der Waals surface area contributed by atoms with Crippen LogP contribution in [0.1, 0.15) is 5.56 Å². The highest BCUT2D eigenvalue weighted by Crippen LogP contribution is 2.24. The first-order valence-electron chi connectivity index (χ1n) is 4.90. The first-order valence-corrected chi connectivity index (χ1v) is 4.90. The standard InChI is InChI=1S/C10H14N4O3/c1-7-4-5-9(14(16)17)8(6-7)11-10(15)12-13(2)3/h4-6H,1-3H3,(H2,11,12,15). The third kappa shape index (κ3) is 3.72. The molecule has 0 aromatic heterocycles. The van der Waals surface area contributed by atoms with Crippen LogP contribution < -0.4 is 10.7 Å².